The molecular weight excluding hydrogens is 330 g/mol. The summed E-state index contributed by atoms with van der Waals surface area (Å²) in [6.07, 6.45) is 11.2. The summed E-state index contributed by atoms with van der Waals surface area (Å²) in [7, 11) is 0. The molecule has 2 aliphatic carbocycles. The Morgan fingerprint density at radius 1 is 1.35 bits per heavy atom. The van der Waals surface area contributed by atoms with Gasteiger partial charge in [-0.15, -0.1) is 0 Å². The molecule has 0 fully saturated rings. The van der Waals surface area contributed by atoms with Crippen molar-refractivity contribution in [1.82, 2.24) is 10.6 Å². The van der Waals surface area contributed by atoms with Crippen molar-refractivity contribution in [3.05, 3.63) is 58.9 Å². The maximum Gasteiger partial charge on any atom is 0.407 e. The van der Waals surface area contributed by atoms with Crippen molar-refractivity contribution in [3.63, 3.8) is 0 Å². The van der Waals surface area contributed by atoms with E-state index >= 15 is 0 Å². The molecule has 0 bridgehead atoms. The number of allylic oxidation sites excluding steroid dienone is 8. The summed E-state index contributed by atoms with van der Waals surface area (Å²) in [5, 5.41) is 5.86. The third kappa shape index (κ3) is 5.46. The number of nitrogens with two attached hydrogens (primary N) is 1. The van der Waals surface area contributed by atoms with Gasteiger partial charge in [0.2, 0.25) is 0 Å². The van der Waals surface area contributed by atoms with E-state index in [1.807, 2.05) is 51.2 Å². The largest absolute Gasteiger partial charge is 0.444 e. The van der Waals surface area contributed by atoms with E-state index in [4.69, 9.17) is 10.5 Å². The molecule has 0 unspecified atom stereocenters. The van der Waals surface area contributed by atoms with E-state index in [9.17, 15) is 9.59 Å². The summed E-state index contributed by atoms with van der Waals surface area (Å²) >= 11 is 0. The fourth-order valence-electron chi connectivity index (χ4n) is 2.73. The third-order valence-corrected chi connectivity index (χ3v) is 3.82. The molecule has 0 spiro atoms. The Labute approximate surface area is 154 Å². The van der Waals surface area contributed by atoms with Crippen molar-refractivity contribution >= 4 is 11.9 Å². The Kier molecular flexibility index (Phi) is 6.58. The first-order chi connectivity index (χ1) is 12.3. The fourth-order valence-corrected chi connectivity index (χ4v) is 2.73. The number of hydrogen-bond donors (Lipinski definition) is 3. The lowest BCUT2D eigenvalue weighted by Crippen LogP contribution is -2.37. The number of carbonyl (C=O) groups excluding carboxylic acids is 2. The van der Waals surface area contributed by atoms with Crippen LogP contribution in [0.15, 0.2) is 58.9 Å². The maximum absolute atomic E-state index is 12.6. The Bertz CT molecular complexity index is 719. The van der Waals surface area contributed by atoms with Crippen LogP contribution in [0.4, 0.5) is 4.79 Å². The van der Waals surface area contributed by atoms with Crippen LogP contribution in [0.1, 0.15) is 27.2 Å². The van der Waals surface area contributed by atoms with Gasteiger partial charge in [0.25, 0.3) is 0 Å². The zero-order valence-electron chi connectivity index (χ0n) is 15.6. The van der Waals surface area contributed by atoms with Crippen LogP contribution in [0.3, 0.4) is 0 Å². The molecule has 0 aliphatic heterocycles. The molecule has 2 aliphatic rings. The van der Waals surface area contributed by atoms with Gasteiger partial charge in [-0.2, -0.15) is 0 Å². The van der Waals surface area contributed by atoms with Gasteiger partial charge >= 0.3 is 6.09 Å². The van der Waals surface area contributed by atoms with E-state index in [0.29, 0.717) is 25.2 Å². The predicted molar refractivity (Wildman–Crippen MR) is 102 cm³/mol. The molecular formula is C20H27N3O3. The summed E-state index contributed by atoms with van der Waals surface area (Å²) < 4.78 is 5.17. The number of hydrogen-bond acceptors (Lipinski definition) is 5. The molecule has 0 saturated carbocycles. The number of fused-ring (bicyclic) bond motifs is 1. The van der Waals surface area contributed by atoms with Crippen LogP contribution < -0.4 is 16.4 Å². The van der Waals surface area contributed by atoms with Crippen LogP contribution in [0.25, 0.3) is 0 Å². The smallest absolute Gasteiger partial charge is 0.407 e. The number of carbonyl (C=O) groups is 2. The van der Waals surface area contributed by atoms with Crippen LogP contribution in [-0.4, -0.2) is 37.1 Å². The molecule has 4 N–H and O–H groups in total. The van der Waals surface area contributed by atoms with E-state index in [-0.39, 0.29) is 5.78 Å². The summed E-state index contributed by atoms with van der Waals surface area (Å²) in [6, 6.07) is 0. The standard InChI is InChI=1S/C20H27N3O3/c1-20(2,3)26-19(25)23-11-10-22-13-15-12-14(8-9-21)16-6-4-5-7-17(16)18(15)24/h4-5,7-9,12,22H,6,10-11,13,21H2,1-3H3,(H,23,25)/b9-8-. The topological polar surface area (TPSA) is 93.4 Å². The van der Waals surface area contributed by atoms with Crippen molar-refractivity contribution in [2.45, 2.75) is 32.8 Å². The van der Waals surface area contributed by atoms with E-state index in [1.165, 1.54) is 6.20 Å². The number of amides is 1. The van der Waals surface area contributed by atoms with Crippen molar-refractivity contribution in [3.8, 4) is 0 Å². The van der Waals surface area contributed by atoms with Gasteiger partial charge in [-0.1, -0.05) is 18.2 Å². The molecule has 2 rings (SSSR count). The highest BCUT2D eigenvalue weighted by atomic mass is 16.6. The lowest BCUT2D eigenvalue weighted by Gasteiger charge is -2.22. The average Bonchev–Trinajstić information content (AvgIpc) is 2.57. The fraction of sp³-hybridized carbons (Fsp3) is 0.400. The molecule has 140 valence electrons. The van der Waals surface area contributed by atoms with Crippen molar-refractivity contribution < 1.29 is 14.3 Å². The second-order valence-electron chi connectivity index (χ2n) is 7.11. The Hall–Kier alpha value is -2.60. The first kappa shape index (κ1) is 19.7. The van der Waals surface area contributed by atoms with Crippen molar-refractivity contribution in [2.24, 2.45) is 5.73 Å². The highest BCUT2D eigenvalue weighted by Crippen LogP contribution is 2.31. The summed E-state index contributed by atoms with van der Waals surface area (Å²) in [6.45, 7) is 6.81. The lowest BCUT2D eigenvalue weighted by atomic mass is 9.82. The van der Waals surface area contributed by atoms with Gasteiger partial charge in [0.15, 0.2) is 5.78 Å². The molecule has 1 amide bonds. The molecule has 6 nitrogen and oxygen atoms in total. The van der Waals surface area contributed by atoms with E-state index in [1.54, 1.807) is 0 Å². The van der Waals surface area contributed by atoms with Crippen LogP contribution in [0.5, 0.6) is 0 Å². The SMILES string of the molecule is CC(C)(C)OC(=O)NCCNCC1=CC(/C=C\N)=C2CC=CC=C2C1=O. The van der Waals surface area contributed by atoms with Gasteiger partial charge in [-0.3, -0.25) is 4.79 Å². The summed E-state index contributed by atoms with van der Waals surface area (Å²) in [4.78, 5) is 24.2. The van der Waals surface area contributed by atoms with Gasteiger partial charge in [0.1, 0.15) is 5.60 Å². The van der Waals surface area contributed by atoms with E-state index in [2.05, 4.69) is 10.6 Å². The molecule has 0 heterocycles. The number of alkyl carbamates (subject to hydrolysis) is 1. The number of nitrogens with one attached hydrogen (secondary N) is 2. The second-order valence-corrected chi connectivity index (χ2v) is 7.11. The first-order valence-electron chi connectivity index (χ1n) is 8.73. The minimum atomic E-state index is -0.518. The van der Waals surface area contributed by atoms with Crippen molar-refractivity contribution in [2.75, 3.05) is 19.6 Å². The molecule has 0 atom stereocenters. The van der Waals surface area contributed by atoms with Crippen LogP contribution >= 0.6 is 0 Å². The van der Waals surface area contributed by atoms with Crippen LogP contribution in [0, 0.1) is 0 Å². The molecule has 0 aromatic carbocycles. The average molecular weight is 357 g/mol. The number of ketones is 1. The molecule has 0 aromatic heterocycles. The minimum Gasteiger partial charge on any atom is -0.444 e. The first-order valence-corrected chi connectivity index (χ1v) is 8.73. The monoisotopic (exact) mass is 357 g/mol. The van der Waals surface area contributed by atoms with Gasteiger partial charge in [-0.25, -0.2) is 4.79 Å². The minimum absolute atomic E-state index is 0.0334. The van der Waals surface area contributed by atoms with Crippen LogP contribution in [-0.2, 0) is 9.53 Å². The Morgan fingerprint density at radius 3 is 2.81 bits per heavy atom. The number of Topliss-reactive ketones (excluding diaryl/α,β-unsaturated/α-hetero) is 1. The highest BCUT2D eigenvalue weighted by molar-refractivity contribution is 6.14. The van der Waals surface area contributed by atoms with E-state index < -0.39 is 11.7 Å². The molecule has 0 saturated heterocycles. The zero-order valence-corrected chi connectivity index (χ0v) is 15.6. The predicted octanol–water partition coefficient (Wildman–Crippen LogP) is 2.27. The number of rotatable bonds is 6. The third-order valence-electron chi connectivity index (χ3n) is 3.82. The van der Waals surface area contributed by atoms with Gasteiger partial charge < -0.3 is 21.1 Å². The zero-order chi connectivity index (χ0) is 19.2. The Morgan fingerprint density at radius 2 is 2.12 bits per heavy atom. The maximum atomic E-state index is 12.6. The molecule has 26 heavy (non-hydrogen) atoms. The normalized spacial score (nSPS) is 17.1. The quantitative estimate of drug-likeness (QED) is 0.634. The molecule has 6 heteroatoms. The molecule has 0 aromatic rings. The van der Waals surface area contributed by atoms with Gasteiger partial charge in [0, 0.05) is 30.8 Å². The Balaban J connectivity index is 1.88. The van der Waals surface area contributed by atoms with Gasteiger partial charge in [-0.05, 0) is 56.7 Å². The summed E-state index contributed by atoms with van der Waals surface area (Å²) in [5.41, 5.74) is 8.40. The van der Waals surface area contributed by atoms with Gasteiger partial charge in [0.05, 0.1) is 0 Å². The second kappa shape index (κ2) is 8.67. The van der Waals surface area contributed by atoms with Crippen molar-refractivity contribution in [1.29, 1.82) is 0 Å². The highest BCUT2D eigenvalue weighted by Gasteiger charge is 2.25. The lowest BCUT2D eigenvalue weighted by molar-refractivity contribution is -0.112. The van der Waals surface area contributed by atoms with Crippen LogP contribution in [0.2, 0.25) is 0 Å². The van der Waals surface area contributed by atoms with E-state index in [0.717, 1.165) is 23.1 Å². The number of ether oxygens (including phenoxy) is 1. The molecule has 0 radical (unpaired) electrons. The summed E-state index contributed by atoms with van der Waals surface area (Å²) in [5.74, 6) is 0.0334.